The van der Waals surface area contributed by atoms with Gasteiger partial charge in [-0.25, -0.2) is 0 Å². The Balaban J connectivity index is 2.46. The number of benzene rings is 1. The summed E-state index contributed by atoms with van der Waals surface area (Å²) in [5.41, 5.74) is 4.88. The highest BCUT2D eigenvalue weighted by molar-refractivity contribution is 5.67. The van der Waals surface area contributed by atoms with Crippen LogP contribution >= 0.6 is 0 Å². The molecular formula is C14H16N2. The van der Waals surface area contributed by atoms with Crippen LogP contribution in [0.4, 0.5) is 0 Å². The molecule has 0 aliphatic heterocycles. The Bertz CT molecular complexity index is 478. The molecule has 1 aromatic carbocycles. The van der Waals surface area contributed by atoms with Crippen LogP contribution in [0.1, 0.15) is 11.3 Å². The fourth-order valence-corrected chi connectivity index (χ4v) is 1.86. The average Bonchev–Trinajstić information content (AvgIpc) is 2.30. The minimum Gasteiger partial charge on any atom is -0.316 e. The predicted octanol–water partition coefficient (Wildman–Crippen LogP) is 2.78. The first kappa shape index (κ1) is 10.8. The summed E-state index contributed by atoms with van der Waals surface area (Å²) in [5.74, 6) is 0. The molecule has 2 aromatic rings. The van der Waals surface area contributed by atoms with E-state index < -0.39 is 0 Å². The molecule has 1 aromatic heterocycles. The van der Waals surface area contributed by atoms with Crippen LogP contribution < -0.4 is 5.32 Å². The molecular weight excluding hydrogens is 196 g/mol. The third-order valence-corrected chi connectivity index (χ3v) is 2.59. The number of hydrogen-bond acceptors (Lipinski definition) is 2. The molecule has 0 saturated heterocycles. The van der Waals surface area contributed by atoms with Gasteiger partial charge in [0, 0.05) is 18.4 Å². The highest BCUT2D eigenvalue weighted by Crippen LogP contribution is 2.23. The summed E-state index contributed by atoms with van der Waals surface area (Å²) in [6.45, 7) is 2.90. The second kappa shape index (κ2) is 4.90. The summed E-state index contributed by atoms with van der Waals surface area (Å²) < 4.78 is 0. The lowest BCUT2D eigenvalue weighted by Gasteiger charge is -2.09. The number of hydrogen-bond donors (Lipinski definition) is 1. The third-order valence-electron chi connectivity index (χ3n) is 2.59. The highest BCUT2D eigenvalue weighted by Gasteiger charge is 2.03. The van der Waals surface area contributed by atoms with Crippen molar-refractivity contribution in [2.24, 2.45) is 0 Å². The van der Waals surface area contributed by atoms with E-state index in [-0.39, 0.29) is 0 Å². The number of aryl methyl sites for hydroxylation is 1. The van der Waals surface area contributed by atoms with Crippen LogP contribution in [-0.4, -0.2) is 12.0 Å². The number of pyridine rings is 1. The van der Waals surface area contributed by atoms with E-state index in [1.807, 2.05) is 20.2 Å². The molecule has 0 aliphatic carbocycles. The second-order valence-corrected chi connectivity index (χ2v) is 3.87. The van der Waals surface area contributed by atoms with Gasteiger partial charge in [0.25, 0.3) is 0 Å². The number of rotatable bonds is 3. The molecule has 0 bridgehead atoms. The van der Waals surface area contributed by atoms with E-state index in [1.165, 1.54) is 16.7 Å². The summed E-state index contributed by atoms with van der Waals surface area (Å²) in [5, 5.41) is 3.19. The van der Waals surface area contributed by atoms with Crippen molar-refractivity contribution in [1.29, 1.82) is 0 Å². The van der Waals surface area contributed by atoms with E-state index in [9.17, 15) is 0 Å². The van der Waals surface area contributed by atoms with Crippen LogP contribution in [0, 0.1) is 6.92 Å². The maximum Gasteiger partial charge on any atom is 0.0378 e. The van der Waals surface area contributed by atoms with Crippen molar-refractivity contribution in [3.05, 3.63) is 53.9 Å². The van der Waals surface area contributed by atoms with Crippen molar-refractivity contribution >= 4 is 0 Å². The molecule has 0 saturated carbocycles. The molecule has 0 unspecified atom stereocenters. The van der Waals surface area contributed by atoms with E-state index in [0.29, 0.717) is 0 Å². The monoisotopic (exact) mass is 212 g/mol. The van der Waals surface area contributed by atoms with Gasteiger partial charge in [-0.2, -0.15) is 0 Å². The predicted molar refractivity (Wildman–Crippen MR) is 67.2 cm³/mol. The summed E-state index contributed by atoms with van der Waals surface area (Å²) in [6, 6.07) is 12.6. The SMILES string of the molecule is CNCc1ccccc1-c1ccnc(C)c1. The molecule has 0 aliphatic rings. The van der Waals surface area contributed by atoms with Crippen LogP contribution in [0.2, 0.25) is 0 Å². The first-order chi connectivity index (χ1) is 7.81. The largest absolute Gasteiger partial charge is 0.316 e. The maximum absolute atomic E-state index is 4.23. The van der Waals surface area contributed by atoms with Gasteiger partial charge in [0.05, 0.1) is 0 Å². The molecule has 82 valence electrons. The molecule has 0 fully saturated rings. The van der Waals surface area contributed by atoms with E-state index in [4.69, 9.17) is 0 Å². The lowest BCUT2D eigenvalue weighted by molar-refractivity contribution is 0.819. The van der Waals surface area contributed by atoms with Gasteiger partial charge in [0.15, 0.2) is 0 Å². The van der Waals surface area contributed by atoms with Crippen molar-refractivity contribution in [2.75, 3.05) is 7.05 Å². The number of nitrogens with one attached hydrogen (secondary N) is 1. The van der Waals surface area contributed by atoms with Crippen molar-refractivity contribution in [2.45, 2.75) is 13.5 Å². The third kappa shape index (κ3) is 2.28. The van der Waals surface area contributed by atoms with Gasteiger partial charge in [-0.3, -0.25) is 4.98 Å². The number of aromatic nitrogens is 1. The van der Waals surface area contributed by atoms with Gasteiger partial charge in [0.1, 0.15) is 0 Å². The zero-order chi connectivity index (χ0) is 11.4. The Morgan fingerprint density at radius 1 is 1.19 bits per heavy atom. The fourth-order valence-electron chi connectivity index (χ4n) is 1.86. The van der Waals surface area contributed by atoms with Gasteiger partial charge in [0.2, 0.25) is 0 Å². The first-order valence-electron chi connectivity index (χ1n) is 5.47. The fraction of sp³-hybridized carbons (Fsp3) is 0.214. The summed E-state index contributed by atoms with van der Waals surface area (Å²) >= 11 is 0. The van der Waals surface area contributed by atoms with Gasteiger partial charge in [-0.1, -0.05) is 24.3 Å². The lowest BCUT2D eigenvalue weighted by atomic mass is 10.00. The minimum absolute atomic E-state index is 0.886. The normalized spacial score (nSPS) is 10.4. The summed E-state index contributed by atoms with van der Waals surface area (Å²) in [6.07, 6.45) is 1.86. The molecule has 2 rings (SSSR count). The zero-order valence-corrected chi connectivity index (χ0v) is 9.70. The van der Waals surface area contributed by atoms with Gasteiger partial charge < -0.3 is 5.32 Å². The van der Waals surface area contributed by atoms with E-state index >= 15 is 0 Å². The maximum atomic E-state index is 4.23. The van der Waals surface area contributed by atoms with Gasteiger partial charge in [-0.05, 0) is 42.8 Å². The topological polar surface area (TPSA) is 24.9 Å². The van der Waals surface area contributed by atoms with E-state index in [0.717, 1.165) is 12.2 Å². The first-order valence-corrected chi connectivity index (χ1v) is 5.47. The van der Waals surface area contributed by atoms with E-state index in [2.05, 4.69) is 46.7 Å². The number of nitrogens with zero attached hydrogens (tertiary/aromatic N) is 1. The standard InChI is InChI=1S/C14H16N2/c1-11-9-12(7-8-16-11)14-6-4-3-5-13(14)10-15-2/h3-9,15H,10H2,1-2H3. The highest BCUT2D eigenvalue weighted by atomic mass is 14.8. The minimum atomic E-state index is 0.886. The molecule has 1 heterocycles. The molecule has 0 radical (unpaired) electrons. The van der Waals surface area contributed by atoms with Crippen molar-refractivity contribution < 1.29 is 0 Å². The Morgan fingerprint density at radius 3 is 2.75 bits per heavy atom. The zero-order valence-electron chi connectivity index (χ0n) is 9.70. The van der Waals surface area contributed by atoms with E-state index in [1.54, 1.807) is 0 Å². The Morgan fingerprint density at radius 2 is 2.00 bits per heavy atom. The smallest absolute Gasteiger partial charge is 0.0378 e. The van der Waals surface area contributed by atoms with Crippen LogP contribution in [0.25, 0.3) is 11.1 Å². The lowest BCUT2D eigenvalue weighted by Crippen LogP contribution is -2.06. The van der Waals surface area contributed by atoms with Crippen LogP contribution in [0.5, 0.6) is 0 Å². The average molecular weight is 212 g/mol. The molecule has 2 heteroatoms. The van der Waals surface area contributed by atoms with Crippen molar-refractivity contribution in [3.63, 3.8) is 0 Å². The Hall–Kier alpha value is -1.67. The quantitative estimate of drug-likeness (QED) is 0.846. The van der Waals surface area contributed by atoms with Gasteiger partial charge >= 0.3 is 0 Å². The molecule has 2 nitrogen and oxygen atoms in total. The molecule has 0 atom stereocenters. The second-order valence-electron chi connectivity index (χ2n) is 3.87. The summed E-state index contributed by atoms with van der Waals surface area (Å²) in [4.78, 5) is 4.23. The molecule has 16 heavy (non-hydrogen) atoms. The van der Waals surface area contributed by atoms with Gasteiger partial charge in [-0.15, -0.1) is 0 Å². The Labute approximate surface area is 96.4 Å². The van der Waals surface area contributed by atoms with Crippen LogP contribution in [0.15, 0.2) is 42.6 Å². The Kier molecular flexibility index (Phi) is 3.32. The molecule has 1 N–H and O–H groups in total. The molecule has 0 spiro atoms. The van der Waals surface area contributed by atoms with Crippen LogP contribution in [0.3, 0.4) is 0 Å². The van der Waals surface area contributed by atoms with Crippen LogP contribution in [-0.2, 0) is 6.54 Å². The van der Waals surface area contributed by atoms with Crippen molar-refractivity contribution in [3.8, 4) is 11.1 Å². The molecule has 0 amide bonds. The summed E-state index contributed by atoms with van der Waals surface area (Å²) in [7, 11) is 1.97. The van der Waals surface area contributed by atoms with Crippen molar-refractivity contribution in [1.82, 2.24) is 10.3 Å².